The molecule has 1 nitrogen and oxygen atoms in total. The number of hydrogen-bond donors (Lipinski definition) is 1. The number of unbranched alkanes of at least 4 members (excludes halogenated alkanes) is 8. The van der Waals surface area contributed by atoms with Crippen molar-refractivity contribution in [1.29, 1.82) is 0 Å². The third kappa shape index (κ3) is 12.3. The lowest BCUT2D eigenvalue weighted by Gasteiger charge is -2.08. The van der Waals surface area contributed by atoms with Crippen LogP contribution in [0, 0.1) is 0 Å². The molecule has 1 atom stereocenters. The number of aliphatic hydroxyl groups excluding tert-OH is 1. The molecule has 0 heterocycles. The number of rotatable bonds is 12. The summed E-state index contributed by atoms with van der Waals surface area (Å²) in [6, 6.07) is 0. The largest absolute Gasteiger partial charge is 0.388 e. The van der Waals surface area contributed by atoms with Crippen LogP contribution in [0.3, 0.4) is 0 Å². The Labute approximate surface area is 120 Å². The monoisotopic (exact) mass is 266 g/mol. The molecule has 1 N–H and O–H groups in total. The minimum Gasteiger partial charge on any atom is -0.388 e. The Balaban J connectivity index is 3.70. The molecule has 0 spiro atoms. The van der Waals surface area contributed by atoms with Gasteiger partial charge < -0.3 is 5.11 Å². The molecule has 0 aromatic rings. The first-order valence-corrected chi connectivity index (χ1v) is 8.32. The first kappa shape index (κ1) is 18.5. The summed E-state index contributed by atoms with van der Waals surface area (Å²) in [4.78, 5) is 0. The minimum absolute atomic E-state index is 0.284. The third-order valence-corrected chi connectivity index (χ3v) is 3.61. The first-order chi connectivity index (χ1) is 9.22. The molecule has 1 unspecified atom stereocenters. The van der Waals surface area contributed by atoms with Crippen molar-refractivity contribution in [3.63, 3.8) is 0 Å². The van der Waals surface area contributed by atoms with E-state index in [0.717, 1.165) is 24.8 Å². The second-order valence-corrected chi connectivity index (χ2v) is 5.60. The van der Waals surface area contributed by atoms with Crippen LogP contribution >= 0.6 is 0 Å². The van der Waals surface area contributed by atoms with Gasteiger partial charge in [0.05, 0.1) is 6.10 Å². The van der Waals surface area contributed by atoms with E-state index in [-0.39, 0.29) is 6.10 Å². The fraction of sp³-hybridized carbons (Fsp3) is 0.833. The second kappa shape index (κ2) is 13.9. The highest BCUT2D eigenvalue weighted by molar-refractivity contribution is 5.04. The molecule has 0 radical (unpaired) electrons. The van der Waals surface area contributed by atoms with Crippen molar-refractivity contribution in [2.75, 3.05) is 0 Å². The van der Waals surface area contributed by atoms with Gasteiger partial charge in [-0.3, -0.25) is 0 Å². The smallest absolute Gasteiger partial charge is 0.0820 e. The summed E-state index contributed by atoms with van der Waals surface area (Å²) >= 11 is 0. The summed E-state index contributed by atoms with van der Waals surface area (Å²) in [5, 5.41) is 9.97. The van der Waals surface area contributed by atoms with E-state index < -0.39 is 0 Å². The standard InChI is InChI=1S/C18H34O/c1-4-6-8-10-11-12-13-15-17(3)18(19)16-14-9-7-5-2/h13,18-19H,4-12,14,16H2,1-3H3. The zero-order valence-corrected chi connectivity index (χ0v) is 13.4. The average molecular weight is 266 g/mol. The van der Waals surface area contributed by atoms with Crippen molar-refractivity contribution < 1.29 is 5.11 Å². The Morgan fingerprint density at radius 2 is 1.53 bits per heavy atom. The van der Waals surface area contributed by atoms with Gasteiger partial charge in [0.2, 0.25) is 0 Å². The molecule has 19 heavy (non-hydrogen) atoms. The van der Waals surface area contributed by atoms with Crippen LogP contribution in [0.1, 0.15) is 91.4 Å². The molecule has 0 aromatic heterocycles. The highest BCUT2D eigenvalue weighted by Crippen LogP contribution is 2.11. The van der Waals surface area contributed by atoms with Crippen molar-refractivity contribution in [2.45, 2.75) is 97.5 Å². The lowest BCUT2D eigenvalue weighted by Crippen LogP contribution is -2.06. The summed E-state index contributed by atoms with van der Waals surface area (Å²) < 4.78 is 0. The molecule has 0 saturated heterocycles. The van der Waals surface area contributed by atoms with Gasteiger partial charge >= 0.3 is 0 Å². The molecular formula is C18H34O. The normalized spacial score (nSPS) is 12.0. The van der Waals surface area contributed by atoms with E-state index in [9.17, 15) is 5.11 Å². The lowest BCUT2D eigenvalue weighted by molar-refractivity contribution is 0.196. The zero-order chi connectivity index (χ0) is 14.3. The first-order valence-electron chi connectivity index (χ1n) is 8.32. The van der Waals surface area contributed by atoms with Crippen LogP contribution < -0.4 is 0 Å². The molecule has 0 fully saturated rings. The van der Waals surface area contributed by atoms with E-state index in [4.69, 9.17) is 0 Å². The summed E-state index contributed by atoms with van der Waals surface area (Å²) in [7, 11) is 0. The summed E-state index contributed by atoms with van der Waals surface area (Å²) in [5.74, 6) is 0. The van der Waals surface area contributed by atoms with Crippen molar-refractivity contribution in [1.82, 2.24) is 0 Å². The van der Waals surface area contributed by atoms with Crippen LogP contribution in [0.25, 0.3) is 0 Å². The Morgan fingerprint density at radius 3 is 2.16 bits per heavy atom. The van der Waals surface area contributed by atoms with Gasteiger partial charge in [-0.05, 0) is 37.8 Å². The predicted molar refractivity (Wildman–Crippen MR) is 85.4 cm³/mol. The zero-order valence-electron chi connectivity index (χ0n) is 13.4. The van der Waals surface area contributed by atoms with Gasteiger partial charge in [0.25, 0.3) is 0 Å². The summed E-state index contributed by atoms with van der Waals surface area (Å²) in [5.41, 5.74) is 4.26. The van der Waals surface area contributed by atoms with Gasteiger partial charge in [-0.2, -0.15) is 0 Å². The van der Waals surface area contributed by atoms with Gasteiger partial charge in [0.15, 0.2) is 0 Å². The minimum atomic E-state index is -0.284. The maximum absolute atomic E-state index is 9.97. The van der Waals surface area contributed by atoms with E-state index >= 15 is 0 Å². The van der Waals surface area contributed by atoms with E-state index in [2.05, 4.69) is 25.7 Å². The molecule has 0 rings (SSSR count). The highest BCUT2D eigenvalue weighted by atomic mass is 16.3. The van der Waals surface area contributed by atoms with Crippen LogP contribution in [0.5, 0.6) is 0 Å². The van der Waals surface area contributed by atoms with Gasteiger partial charge in [-0.15, -0.1) is 5.73 Å². The summed E-state index contributed by atoms with van der Waals surface area (Å²) in [6.45, 7) is 6.46. The number of hydrogen-bond acceptors (Lipinski definition) is 1. The molecule has 112 valence electrons. The Morgan fingerprint density at radius 1 is 0.947 bits per heavy atom. The maximum Gasteiger partial charge on any atom is 0.0820 e. The van der Waals surface area contributed by atoms with Gasteiger partial charge in [-0.1, -0.05) is 65.2 Å². The van der Waals surface area contributed by atoms with Gasteiger partial charge in [0.1, 0.15) is 0 Å². The molecule has 0 bridgehead atoms. The van der Waals surface area contributed by atoms with Crippen LogP contribution in [0.4, 0.5) is 0 Å². The quantitative estimate of drug-likeness (QED) is 0.351. The molecule has 0 aliphatic heterocycles. The van der Waals surface area contributed by atoms with E-state index in [1.54, 1.807) is 0 Å². The van der Waals surface area contributed by atoms with Crippen molar-refractivity contribution in [3.8, 4) is 0 Å². The predicted octanol–water partition coefficient (Wildman–Crippen LogP) is 5.78. The maximum atomic E-state index is 9.97. The molecule has 0 aliphatic rings. The SMILES string of the molecule is CCCCCCCC=C=C(C)C(O)CCCCCC. The average Bonchev–Trinajstić information content (AvgIpc) is 2.42. The number of aliphatic hydroxyl groups is 1. The van der Waals surface area contributed by atoms with Crippen LogP contribution in [0.2, 0.25) is 0 Å². The van der Waals surface area contributed by atoms with Gasteiger partial charge in [0, 0.05) is 0 Å². The highest BCUT2D eigenvalue weighted by Gasteiger charge is 2.04. The second-order valence-electron chi connectivity index (χ2n) is 5.60. The van der Waals surface area contributed by atoms with E-state index in [1.807, 2.05) is 6.92 Å². The van der Waals surface area contributed by atoms with Gasteiger partial charge in [-0.25, -0.2) is 0 Å². The van der Waals surface area contributed by atoms with Crippen molar-refractivity contribution >= 4 is 0 Å². The fourth-order valence-electron chi connectivity index (χ4n) is 2.16. The molecule has 0 aliphatic carbocycles. The van der Waals surface area contributed by atoms with Crippen molar-refractivity contribution in [3.05, 3.63) is 17.4 Å². The van der Waals surface area contributed by atoms with Crippen LogP contribution in [-0.2, 0) is 0 Å². The van der Waals surface area contributed by atoms with Crippen molar-refractivity contribution in [2.24, 2.45) is 0 Å². The molecule has 1 heteroatoms. The fourth-order valence-corrected chi connectivity index (χ4v) is 2.16. The summed E-state index contributed by atoms with van der Waals surface area (Å²) in [6.07, 6.45) is 15.3. The topological polar surface area (TPSA) is 20.2 Å². The molecular weight excluding hydrogens is 232 g/mol. The van der Waals surface area contributed by atoms with Crippen LogP contribution in [0.15, 0.2) is 17.4 Å². The van der Waals surface area contributed by atoms with E-state index in [0.29, 0.717) is 0 Å². The van der Waals surface area contributed by atoms with E-state index in [1.165, 1.54) is 51.4 Å². The van der Waals surface area contributed by atoms with Crippen LogP contribution in [-0.4, -0.2) is 11.2 Å². The Hall–Kier alpha value is -0.520. The third-order valence-electron chi connectivity index (χ3n) is 3.61. The molecule has 0 aromatic carbocycles. The molecule has 0 saturated carbocycles. The Kier molecular flexibility index (Phi) is 13.5. The Bertz CT molecular complexity index is 248. The molecule has 0 amide bonds. The lowest BCUT2D eigenvalue weighted by atomic mass is 10.0.